The highest BCUT2D eigenvalue weighted by Crippen LogP contribution is 2.32. The van der Waals surface area contributed by atoms with Gasteiger partial charge in [-0.15, -0.1) is 0 Å². The average molecular weight is 455 g/mol. The van der Waals surface area contributed by atoms with Crippen molar-refractivity contribution in [2.45, 2.75) is 24.9 Å². The largest absolute Gasteiger partial charge is 0.497 e. The van der Waals surface area contributed by atoms with Gasteiger partial charge >= 0.3 is 5.97 Å². The van der Waals surface area contributed by atoms with Crippen LogP contribution in [0.25, 0.3) is 10.9 Å². The van der Waals surface area contributed by atoms with Gasteiger partial charge in [0.25, 0.3) is 5.91 Å². The number of fused-ring (bicyclic) bond motifs is 2. The molecule has 0 radical (unpaired) electrons. The quantitative estimate of drug-likeness (QED) is 0.418. The van der Waals surface area contributed by atoms with Crippen LogP contribution in [0, 0.1) is 0 Å². The summed E-state index contributed by atoms with van der Waals surface area (Å²) in [5.74, 6) is -0.122. The molecule has 1 aliphatic rings. The van der Waals surface area contributed by atoms with Crippen molar-refractivity contribution in [2.24, 2.45) is 0 Å². The summed E-state index contributed by atoms with van der Waals surface area (Å²) in [5.41, 5.74) is 3.23. The van der Waals surface area contributed by atoms with Gasteiger partial charge in [-0.1, -0.05) is 48.5 Å². The van der Waals surface area contributed by atoms with Gasteiger partial charge in [0, 0.05) is 36.0 Å². The number of ether oxygens (including phenoxy) is 2. The SMILES string of the molecule is COc1ccc(C(CNC(=O)C2(C)Cc3ccccc3C(=O)O2)c2c[nH]c3ccccc23)cc1. The molecule has 3 aromatic carbocycles. The summed E-state index contributed by atoms with van der Waals surface area (Å²) in [6.45, 7) is 2.02. The number of benzene rings is 3. The molecule has 2 heterocycles. The van der Waals surface area contributed by atoms with Gasteiger partial charge < -0.3 is 19.8 Å². The Kier molecular flexibility index (Phi) is 5.57. The number of esters is 1. The Morgan fingerprint density at radius 2 is 1.82 bits per heavy atom. The number of para-hydroxylation sites is 1. The number of hydrogen-bond donors (Lipinski definition) is 2. The predicted octanol–water partition coefficient (Wildman–Crippen LogP) is 4.60. The summed E-state index contributed by atoms with van der Waals surface area (Å²) in [7, 11) is 1.64. The van der Waals surface area contributed by atoms with Gasteiger partial charge in [0.1, 0.15) is 5.75 Å². The maximum atomic E-state index is 13.3. The number of aromatic nitrogens is 1. The van der Waals surface area contributed by atoms with E-state index < -0.39 is 11.6 Å². The van der Waals surface area contributed by atoms with E-state index in [1.165, 1.54) is 0 Å². The van der Waals surface area contributed by atoms with Gasteiger partial charge in [-0.3, -0.25) is 4.79 Å². The molecule has 2 unspecified atom stereocenters. The number of carbonyl (C=O) groups excluding carboxylic acids is 2. The van der Waals surface area contributed by atoms with Gasteiger partial charge in [-0.05, 0) is 47.9 Å². The normalized spacial score (nSPS) is 18.1. The standard InChI is InChI=1S/C28H26N2O4/c1-28(15-19-7-3-4-8-21(19)26(31)34-28)27(32)30-16-23(18-11-13-20(33-2)14-12-18)24-17-29-25-10-6-5-9-22(24)25/h3-14,17,23,29H,15-16H2,1-2H3,(H,30,32). The van der Waals surface area contributed by atoms with E-state index in [9.17, 15) is 9.59 Å². The summed E-state index contributed by atoms with van der Waals surface area (Å²) in [5, 5.41) is 4.16. The summed E-state index contributed by atoms with van der Waals surface area (Å²) in [4.78, 5) is 29.2. The van der Waals surface area contributed by atoms with Crippen LogP contribution < -0.4 is 10.1 Å². The van der Waals surface area contributed by atoms with Crippen molar-refractivity contribution in [3.05, 3.63) is 101 Å². The Morgan fingerprint density at radius 3 is 2.62 bits per heavy atom. The second kappa shape index (κ2) is 8.71. The van der Waals surface area contributed by atoms with Crippen molar-refractivity contribution in [3.8, 4) is 5.75 Å². The zero-order valence-electron chi connectivity index (χ0n) is 19.1. The molecule has 2 atom stereocenters. The molecule has 0 bridgehead atoms. The molecule has 4 aromatic rings. The second-order valence-electron chi connectivity index (χ2n) is 8.78. The number of methoxy groups -OCH3 is 1. The Labute approximate surface area is 197 Å². The molecule has 6 heteroatoms. The smallest absolute Gasteiger partial charge is 0.339 e. The Hall–Kier alpha value is -4.06. The molecule has 0 spiro atoms. The first kappa shape index (κ1) is 21.8. The number of amides is 1. The van der Waals surface area contributed by atoms with Crippen molar-refractivity contribution in [3.63, 3.8) is 0 Å². The van der Waals surface area contributed by atoms with Gasteiger partial charge in [0.15, 0.2) is 5.60 Å². The number of nitrogens with one attached hydrogen (secondary N) is 2. The number of H-pyrrole nitrogens is 1. The molecule has 1 aliphatic heterocycles. The number of cyclic esters (lactones) is 1. The highest BCUT2D eigenvalue weighted by atomic mass is 16.6. The maximum Gasteiger partial charge on any atom is 0.339 e. The Bertz CT molecular complexity index is 1360. The first-order chi connectivity index (χ1) is 16.5. The fraction of sp³-hybridized carbons (Fsp3) is 0.214. The Morgan fingerprint density at radius 1 is 1.09 bits per heavy atom. The van der Waals surface area contributed by atoms with E-state index in [2.05, 4.69) is 16.4 Å². The molecular weight excluding hydrogens is 428 g/mol. The lowest BCUT2D eigenvalue weighted by atomic mass is 9.88. The molecule has 1 amide bonds. The third-order valence-electron chi connectivity index (χ3n) is 6.54. The van der Waals surface area contributed by atoms with Gasteiger partial charge in [0.2, 0.25) is 0 Å². The van der Waals surface area contributed by atoms with Crippen LogP contribution in [-0.4, -0.2) is 36.1 Å². The van der Waals surface area contributed by atoms with Crippen molar-refractivity contribution in [1.82, 2.24) is 10.3 Å². The summed E-state index contributed by atoms with van der Waals surface area (Å²) in [6, 6.07) is 23.2. The van der Waals surface area contributed by atoms with Crippen LogP contribution in [0.3, 0.4) is 0 Å². The predicted molar refractivity (Wildman–Crippen MR) is 130 cm³/mol. The zero-order valence-corrected chi connectivity index (χ0v) is 19.1. The molecule has 0 aliphatic carbocycles. The summed E-state index contributed by atoms with van der Waals surface area (Å²) >= 11 is 0. The lowest BCUT2D eigenvalue weighted by Gasteiger charge is -2.33. The van der Waals surface area contributed by atoms with Gasteiger partial charge in [-0.25, -0.2) is 4.79 Å². The van der Waals surface area contributed by atoms with E-state index in [4.69, 9.17) is 9.47 Å². The molecule has 0 saturated carbocycles. The van der Waals surface area contributed by atoms with E-state index >= 15 is 0 Å². The summed E-state index contributed by atoms with van der Waals surface area (Å²) in [6.07, 6.45) is 2.32. The number of carbonyl (C=O) groups is 2. The summed E-state index contributed by atoms with van der Waals surface area (Å²) < 4.78 is 10.9. The zero-order chi connectivity index (χ0) is 23.7. The number of rotatable bonds is 6. The molecule has 34 heavy (non-hydrogen) atoms. The van der Waals surface area contributed by atoms with Gasteiger partial charge in [0.05, 0.1) is 12.7 Å². The van der Waals surface area contributed by atoms with E-state index in [1.54, 1.807) is 26.2 Å². The first-order valence-electron chi connectivity index (χ1n) is 11.3. The van der Waals surface area contributed by atoms with Crippen molar-refractivity contribution < 1.29 is 19.1 Å². The molecule has 5 rings (SSSR count). The second-order valence-corrected chi connectivity index (χ2v) is 8.78. The topological polar surface area (TPSA) is 80.4 Å². The fourth-order valence-corrected chi connectivity index (χ4v) is 4.67. The third-order valence-corrected chi connectivity index (χ3v) is 6.54. The average Bonchev–Trinajstić information content (AvgIpc) is 3.28. The van der Waals surface area contributed by atoms with Crippen LogP contribution in [0.15, 0.2) is 79.0 Å². The van der Waals surface area contributed by atoms with Crippen LogP contribution in [-0.2, 0) is 16.0 Å². The Balaban J connectivity index is 1.43. The molecule has 1 aromatic heterocycles. The van der Waals surface area contributed by atoms with Crippen LogP contribution in [0.5, 0.6) is 5.75 Å². The van der Waals surface area contributed by atoms with Crippen molar-refractivity contribution in [2.75, 3.05) is 13.7 Å². The lowest BCUT2D eigenvalue weighted by molar-refractivity contribution is -0.139. The highest BCUT2D eigenvalue weighted by molar-refractivity contribution is 5.97. The van der Waals surface area contributed by atoms with Crippen LogP contribution in [0.1, 0.15) is 39.9 Å². The van der Waals surface area contributed by atoms with Crippen molar-refractivity contribution >= 4 is 22.8 Å². The number of hydrogen-bond acceptors (Lipinski definition) is 4. The minimum atomic E-state index is -1.27. The molecular formula is C28H26N2O4. The number of aromatic amines is 1. The molecule has 0 saturated heterocycles. The maximum absolute atomic E-state index is 13.3. The van der Waals surface area contributed by atoms with Crippen LogP contribution in [0.2, 0.25) is 0 Å². The fourth-order valence-electron chi connectivity index (χ4n) is 4.67. The molecule has 172 valence electrons. The minimum absolute atomic E-state index is 0.110. The van der Waals surface area contributed by atoms with Crippen LogP contribution in [0.4, 0.5) is 0 Å². The lowest BCUT2D eigenvalue weighted by Crippen LogP contribution is -2.52. The third kappa shape index (κ3) is 3.92. The van der Waals surface area contributed by atoms with E-state index in [1.807, 2.05) is 60.8 Å². The molecule has 2 N–H and O–H groups in total. The minimum Gasteiger partial charge on any atom is -0.497 e. The molecule has 6 nitrogen and oxygen atoms in total. The first-order valence-corrected chi connectivity index (χ1v) is 11.3. The van der Waals surface area contributed by atoms with Crippen LogP contribution >= 0.6 is 0 Å². The van der Waals surface area contributed by atoms with E-state index in [-0.39, 0.29) is 11.8 Å². The van der Waals surface area contributed by atoms with E-state index in [0.717, 1.165) is 33.3 Å². The van der Waals surface area contributed by atoms with E-state index in [0.29, 0.717) is 18.5 Å². The highest BCUT2D eigenvalue weighted by Gasteiger charge is 2.42. The monoisotopic (exact) mass is 454 g/mol. The van der Waals surface area contributed by atoms with Crippen molar-refractivity contribution in [1.29, 1.82) is 0 Å². The molecule has 0 fully saturated rings. The van der Waals surface area contributed by atoms with Gasteiger partial charge in [-0.2, -0.15) is 0 Å².